The highest BCUT2D eigenvalue weighted by atomic mass is 16.3. The molecule has 0 unspecified atom stereocenters. The van der Waals surface area contributed by atoms with E-state index >= 15 is 0 Å². The fraction of sp³-hybridized carbons (Fsp3) is 0.333. The zero-order valence-corrected chi connectivity index (χ0v) is 21.9. The smallest absolute Gasteiger partial charge is 0.290 e. The molecule has 0 aliphatic rings. The van der Waals surface area contributed by atoms with Crippen molar-refractivity contribution < 1.29 is 14.0 Å². The topological polar surface area (TPSA) is 72.8 Å². The Balaban J connectivity index is 1.53. The van der Waals surface area contributed by atoms with Crippen LogP contribution in [0.2, 0.25) is 0 Å². The van der Waals surface area contributed by atoms with Crippen LogP contribution in [0.1, 0.15) is 41.4 Å². The molecule has 0 spiro atoms. The molecule has 0 atom stereocenters. The molecule has 2 heterocycles. The third kappa shape index (κ3) is 6.61. The maximum absolute atomic E-state index is 13.7. The Morgan fingerprint density at radius 3 is 2.41 bits per heavy atom. The van der Waals surface area contributed by atoms with Gasteiger partial charge < -0.3 is 24.1 Å². The molecule has 0 saturated carbocycles. The molecule has 0 aliphatic heterocycles. The molecule has 7 heteroatoms. The van der Waals surface area contributed by atoms with E-state index < -0.39 is 0 Å². The number of carbonyl (C=O) groups is 2. The highest BCUT2D eigenvalue weighted by Gasteiger charge is 2.24. The molecule has 2 aromatic carbocycles. The van der Waals surface area contributed by atoms with E-state index in [1.807, 2.05) is 37.3 Å². The number of hydrogen-bond acceptors (Lipinski definition) is 4. The molecule has 0 saturated heterocycles. The van der Waals surface area contributed by atoms with Gasteiger partial charge in [-0.15, -0.1) is 0 Å². The zero-order valence-electron chi connectivity index (χ0n) is 21.9. The molecule has 0 bridgehead atoms. The summed E-state index contributed by atoms with van der Waals surface area (Å²) in [7, 11) is 4.01. The van der Waals surface area contributed by atoms with Crippen LogP contribution in [0.15, 0.2) is 77.5 Å². The Hall–Kier alpha value is -4.00. The number of unbranched alkanes of at least 4 members (excludes halogenated alkanes) is 1. The first kappa shape index (κ1) is 26.1. The molecule has 1 N–H and O–H groups in total. The third-order valence-electron chi connectivity index (χ3n) is 6.63. The number of H-pyrrole nitrogens is 1. The first-order valence-electron chi connectivity index (χ1n) is 12.9. The van der Waals surface area contributed by atoms with Gasteiger partial charge in [-0.2, -0.15) is 0 Å². The average Bonchev–Trinajstić information content (AvgIpc) is 3.59. The second-order valence-electron chi connectivity index (χ2n) is 9.54. The van der Waals surface area contributed by atoms with Gasteiger partial charge in [0.25, 0.3) is 5.91 Å². The Morgan fingerprint density at radius 2 is 1.70 bits per heavy atom. The minimum atomic E-state index is -0.251. The van der Waals surface area contributed by atoms with Crippen molar-refractivity contribution in [2.45, 2.75) is 32.7 Å². The number of amides is 2. The van der Waals surface area contributed by atoms with Gasteiger partial charge >= 0.3 is 0 Å². The van der Waals surface area contributed by atoms with E-state index in [1.165, 1.54) is 17.2 Å². The lowest BCUT2D eigenvalue weighted by Crippen LogP contribution is -2.43. The third-order valence-corrected chi connectivity index (χ3v) is 6.63. The van der Waals surface area contributed by atoms with Crippen LogP contribution >= 0.6 is 0 Å². The SMILES string of the molecule is CCCCN(CC(=O)N(CCc1c[nH]c2ccccc12)Cc1ccc(N(C)C)cc1)C(=O)c1ccco1. The highest BCUT2D eigenvalue weighted by molar-refractivity contribution is 5.94. The molecule has 0 fully saturated rings. The van der Waals surface area contributed by atoms with Crippen LogP contribution in [0.5, 0.6) is 0 Å². The molecular weight excluding hydrogens is 464 g/mol. The molecule has 7 nitrogen and oxygen atoms in total. The Morgan fingerprint density at radius 1 is 0.919 bits per heavy atom. The maximum atomic E-state index is 13.7. The first-order chi connectivity index (χ1) is 18.0. The summed E-state index contributed by atoms with van der Waals surface area (Å²) in [5.74, 6) is -0.0697. The van der Waals surface area contributed by atoms with Crippen LogP contribution < -0.4 is 4.90 Å². The fourth-order valence-corrected chi connectivity index (χ4v) is 4.43. The predicted octanol–water partition coefficient (Wildman–Crippen LogP) is 5.34. The van der Waals surface area contributed by atoms with E-state index in [2.05, 4.69) is 53.2 Å². The maximum Gasteiger partial charge on any atom is 0.290 e. The van der Waals surface area contributed by atoms with Gasteiger partial charge in [-0.1, -0.05) is 43.7 Å². The number of benzene rings is 2. The minimum Gasteiger partial charge on any atom is -0.459 e. The summed E-state index contributed by atoms with van der Waals surface area (Å²) in [4.78, 5) is 35.6. The second kappa shape index (κ2) is 12.3. The van der Waals surface area contributed by atoms with Crippen molar-refractivity contribution in [3.63, 3.8) is 0 Å². The molecule has 0 radical (unpaired) electrons. The number of aromatic nitrogens is 1. The molecule has 2 aromatic heterocycles. The summed E-state index contributed by atoms with van der Waals surface area (Å²) >= 11 is 0. The largest absolute Gasteiger partial charge is 0.459 e. The van der Waals surface area contributed by atoms with Gasteiger partial charge in [0.1, 0.15) is 6.54 Å². The number of anilines is 1. The van der Waals surface area contributed by atoms with Crippen LogP contribution in [0, 0.1) is 0 Å². The van der Waals surface area contributed by atoms with Crippen LogP contribution in [-0.4, -0.2) is 60.3 Å². The average molecular weight is 501 g/mol. The predicted molar refractivity (Wildman–Crippen MR) is 148 cm³/mol. The van der Waals surface area contributed by atoms with E-state index in [1.54, 1.807) is 17.0 Å². The monoisotopic (exact) mass is 500 g/mol. The number of rotatable bonds is 12. The molecule has 194 valence electrons. The first-order valence-corrected chi connectivity index (χ1v) is 12.9. The number of aromatic amines is 1. The van der Waals surface area contributed by atoms with Crippen LogP contribution in [0.25, 0.3) is 10.9 Å². The number of fused-ring (bicyclic) bond motifs is 1. The number of nitrogens with zero attached hydrogens (tertiary/aromatic N) is 3. The fourth-order valence-electron chi connectivity index (χ4n) is 4.43. The lowest BCUT2D eigenvalue weighted by Gasteiger charge is -2.28. The molecular formula is C30H36N4O3. The standard InChI is InChI=1S/C30H36N4O3/c1-4-5-17-34(30(36)28-11-8-19-37-28)22-29(35)33(21-23-12-14-25(15-13-23)32(2)3)18-16-24-20-31-27-10-7-6-9-26(24)27/h6-15,19-20,31H,4-5,16-18,21-22H2,1-3H3. The lowest BCUT2D eigenvalue weighted by atomic mass is 10.1. The van der Waals surface area contributed by atoms with Crippen molar-refractivity contribution in [1.29, 1.82) is 0 Å². The second-order valence-corrected chi connectivity index (χ2v) is 9.54. The lowest BCUT2D eigenvalue weighted by molar-refractivity contribution is -0.132. The number of carbonyl (C=O) groups excluding carboxylic acids is 2. The number of para-hydroxylation sites is 1. The van der Waals surface area contributed by atoms with Gasteiger partial charge in [0, 0.05) is 56.5 Å². The normalized spacial score (nSPS) is 11.0. The van der Waals surface area contributed by atoms with E-state index in [0.717, 1.165) is 29.6 Å². The van der Waals surface area contributed by atoms with Crippen molar-refractivity contribution in [3.8, 4) is 0 Å². The Kier molecular flexibility index (Phi) is 8.67. The minimum absolute atomic E-state index is 0.0171. The summed E-state index contributed by atoms with van der Waals surface area (Å²) in [5, 5.41) is 1.17. The van der Waals surface area contributed by atoms with Crippen molar-refractivity contribution in [2.75, 3.05) is 38.6 Å². The van der Waals surface area contributed by atoms with Gasteiger partial charge in [-0.25, -0.2) is 0 Å². The van der Waals surface area contributed by atoms with Crippen LogP contribution in [0.4, 0.5) is 5.69 Å². The van der Waals surface area contributed by atoms with Crippen molar-refractivity contribution in [1.82, 2.24) is 14.8 Å². The van der Waals surface area contributed by atoms with Gasteiger partial charge in [0.15, 0.2) is 5.76 Å². The van der Waals surface area contributed by atoms with Crippen molar-refractivity contribution in [2.24, 2.45) is 0 Å². The van der Waals surface area contributed by atoms with E-state index in [-0.39, 0.29) is 24.1 Å². The van der Waals surface area contributed by atoms with Crippen LogP contribution in [0.3, 0.4) is 0 Å². The molecule has 2 amide bonds. The van der Waals surface area contributed by atoms with Crippen LogP contribution in [-0.2, 0) is 17.8 Å². The van der Waals surface area contributed by atoms with Crippen molar-refractivity contribution >= 4 is 28.4 Å². The van der Waals surface area contributed by atoms with Gasteiger partial charge in [0.2, 0.25) is 5.91 Å². The molecule has 4 aromatic rings. The Bertz CT molecular complexity index is 1290. The van der Waals surface area contributed by atoms with Gasteiger partial charge in [0.05, 0.1) is 6.26 Å². The highest BCUT2D eigenvalue weighted by Crippen LogP contribution is 2.20. The summed E-state index contributed by atoms with van der Waals surface area (Å²) < 4.78 is 5.34. The molecule has 4 rings (SSSR count). The summed E-state index contributed by atoms with van der Waals surface area (Å²) in [6.07, 6.45) is 5.97. The van der Waals surface area contributed by atoms with Gasteiger partial charge in [-0.3, -0.25) is 9.59 Å². The summed E-state index contributed by atoms with van der Waals surface area (Å²) in [6, 6.07) is 19.8. The van der Waals surface area contributed by atoms with E-state index in [9.17, 15) is 9.59 Å². The van der Waals surface area contributed by atoms with E-state index in [4.69, 9.17) is 4.42 Å². The van der Waals surface area contributed by atoms with E-state index in [0.29, 0.717) is 26.1 Å². The molecule has 37 heavy (non-hydrogen) atoms. The number of nitrogens with one attached hydrogen (secondary N) is 1. The van der Waals surface area contributed by atoms with Crippen molar-refractivity contribution in [3.05, 3.63) is 90.0 Å². The Labute approximate surface area is 218 Å². The summed E-state index contributed by atoms with van der Waals surface area (Å²) in [5.41, 5.74) is 4.42. The quantitative estimate of drug-likeness (QED) is 0.285. The molecule has 0 aliphatic carbocycles. The van der Waals surface area contributed by atoms with Gasteiger partial charge in [-0.05, 0) is 54.3 Å². The zero-order chi connectivity index (χ0) is 26.2. The summed E-state index contributed by atoms with van der Waals surface area (Å²) in [6.45, 7) is 3.62. The number of furan rings is 1. The number of hydrogen-bond donors (Lipinski definition) is 1.